The van der Waals surface area contributed by atoms with Crippen molar-refractivity contribution >= 4 is 11.9 Å². The van der Waals surface area contributed by atoms with Crippen LogP contribution in [0, 0.1) is 0 Å². The largest absolute Gasteiger partial charge is 0.497 e. The van der Waals surface area contributed by atoms with Crippen molar-refractivity contribution in [2.45, 2.75) is 0 Å². The predicted molar refractivity (Wildman–Crippen MR) is 75.4 cm³/mol. The van der Waals surface area contributed by atoms with Crippen LogP contribution in [0.5, 0.6) is 17.4 Å². The van der Waals surface area contributed by atoms with Gasteiger partial charge in [0.25, 0.3) is 0 Å². The lowest BCUT2D eigenvalue weighted by Gasteiger charge is -2.05. The van der Waals surface area contributed by atoms with E-state index in [0.717, 1.165) is 0 Å². The summed E-state index contributed by atoms with van der Waals surface area (Å²) in [6, 6.07) is 5.39. The Morgan fingerprint density at radius 2 is 1.60 bits per heavy atom. The Hall–Kier alpha value is -2.63. The van der Waals surface area contributed by atoms with E-state index in [1.54, 1.807) is 51.9 Å². The van der Waals surface area contributed by atoms with Gasteiger partial charge in [0.05, 0.1) is 51.3 Å². The molecule has 0 saturated heterocycles. The average molecular weight is 273 g/mol. The number of aromatic nitrogens is 2. The Bertz CT molecular complexity index is 575. The Morgan fingerprint density at radius 3 is 2.10 bits per heavy atom. The van der Waals surface area contributed by atoms with Crippen LogP contribution in [0.2, 0.25) is 0 Å². The molecular formula is C14H15N3O3. The van der Waals surface area contributed by atoms with Gasteiger partial charge in [-0.15, -0.1) is 0 Å². The molecule has 0 saturated carbocycles. The topological polar surface area (TPSA) is 65.8 Å². The van der Waals surface area contributed by atoms with Gasteiger partial charge in [-0.1, -0.05) is 0 Å². The minimum atomic E-state index is 0.463. The third kappa shape index (κ3) is 3.44. The normalized spacial score (nSPS) is 10.6. The molecule has 0 aliphatic rings. The molecule has 1 heterocycles. The van der Waals surface area contributed by atoms with E-state index in [9.17, 15) is 0 Å². The third-order valence-electron chi connectivity index (χ3n) is 2.54. The number of hydrogen-bond acceptors (Lipinski definition) is 6. The number of nitrogens with zero attached hydrogens (tertiary/aromatic N) is 3. The maximum absolute atomic E-state index is 5.18. The quantitative estimate of drug-likeness (QED) is 0.782. The van der Waals surface area contributed by atoms with Gasteiger partial charge >= 0.3 is 0 Å². The zero-order valence-corrected chi connectivity index (χ0v) is 11.5. The first-order valence-electron chi connectivity index (χ1n) is 5.88. The smallest absolute Gasteiger partial charge is 0.232 e. The standard InChI is InChI=1S/C14H15N3O3/c1-18-12-4-10(5-13(6-12)19-2)15-7-11-8-17-14(20-3)9-16-11/h4-9H,1-3H3. The van der Waals surface area contributed by atoms with Gasteiger partial charge in [0, 0.05) is 18.2 Å². The zero-order valence-electron chi connectivity index (χ0n) is 11.5. The summed E-state index contributed by atoms with van der Waals surface area (Å²) in [7, 11) is 4.73. The molecule has 0 N–H and O–H groups in total. The highest BCUT2D eigenvalue weighted by molar-refractivity contribution is 5.79. The van der Waals surface area contributed by atoms with Gasteiger partial charge in [0.2, 0.25) is 5.88 Å². The van der Waals surface area contributed by atoms with Crippen molar-refractivity contribution in [2.75, 3.05) is 21.3 Å². The monoisotopic (exact) mass is 273 g/mol. The van der Waals surface area contributed by atoms with Crippen molar-refractivity contribution in [1.29, 1.82) is 0 Å². The molecule has 0 spiro atoms. The molecule has 0 radical (unpaired) electrons. The molecular weight excluding hydrogens is 258 g/mol. The minimum absolute atomic E-state index is 0.463. The van der Waals surface area contributed by atoms with Crippen LogP contribution >= 0.6 is 0 Å². The van der Waals surface area contributed by atoms with E-state index >= 15 is 0 Å². The van der Waals surface area contributed by atoms with Crippen LogP contribution in [-0.4, -0.2) is 37.5 Å². The number of methoxy groups -OCH3 is 3. The fourth-order valence-corrected chi connectivity index (χ4v) is 1.51. The van der Waals surface area contributed by atoms with Gasteiger partial charge in [-0.3, -0.25) is 4.99 Å². The highest BCUT2D eigenvalue weighted by Gasteiger charge is 2.00. The summed E-state index contributed by atoms with van der Waals surface area (Å²) in [5.41, 5.74) is 1.34. The van der Waals surface area contributed by atoms with E-state index < -0.39 is 0 Å². The number of benzene rings is 1. The van der Waals surface area contributed by atoms with E-state index in [0.29, 0.717) is 28.8 Å². The molecule has 0 amide bonds. The maximum atomic E-state index is 5.18. The summed E-state index contributed by atoms with van der Waals surface area (Å²) in [6.45, 7) is 0. The summed E-state index contributed by atoms with van der Waals surface area (Å²) in [6.07, 6.45) is 4.73. The van der Waals surface area contributed by atoms with Crippen LogP contribution in [0.1, 0.15) is 5.69 Å². The second-order valence-corrected chi connectivity index (χ2v) is 3.81. The lowest BCUT2D eigenvalue weighted by Crippen LogP contribution is -1.92. The Balaban J connectivity index is 2.21. The number of hydrogen-bond donors (Lipinski definition) is 0. The van der Waals surface area contributed by atoms with Crippen molar-refractivity contribution in [2.24, 2.45) is 4.99 Å². The Morgan fingerprint density at radius 1 is 0.900 bits per heavy atom. The van der Waals surface area contributed by atoms with Gasteiger partial charge < -0.3 is 14.2 Å². The van der Waals surface area contributed by atoms with Crippen LogP contribution < -0.4 is 14.2 Å². The van der Waals surface area contributed by atoms with Gasteiger partial charge in [-0.05, 0) is 0 Å². The lowest BCUT2D eigenvalue weighted by atomic mass is 10.3. The first-order chi connectivity index (χ1) is 9.75. The minimum Gasteiger partial charge on any atom is -0.497 e. The highest BCUT2D eigenvalue weighted by atomic mass is 16.5. The molecule has 0 aliphatic carbocycles. The lowest BCUT2D eigenvalue weighted by molar-refractivity contribution is 0.394. The summed E-state index contributed by atoms with van der Waals surface area (Å²) in [4.78, 5) is 12.5. The molecule has 2 rings (SSSR count). The van der Waals surface area contributed by atoms with Gasteiger partial charge in [-0.2, -0.15) is 0 Å². The van der Waals surface area contributed by atoms with Crippen LogP contribution in [0.25, 0.3) is 0 Å². The molecule has 1 aromatic carbocycles. The summed E-state index contributed by atoms with van der Waals surface area (Å²) < 4.78 is 15.3. The van der Waals surface area contributed by atoms with Crippen molar-refractivity contribution in [3.8, 4) is 17.4 Å². The molecule has 6 nitrogen and oxygen atoms in total. The average Bonchev–Trinajstić information content (AvgIpc) is 2.53. The van der Waals surface area contributed by atoms with Crippen LogP contribution in [0.4, 0.5) is 5.69 Å². The SMILES string of the molecule is COc1cc(N=Cc2cnc(OC)cn2)cc(OC)c1. The molecule has 0 atom stereocenters. The second-order valence-electron chi connectivity index (χ2n) is 3.81. The molecule has 0 bridgehead atoms. The summed E-state index contributed by atoms with van der Waals surface area (Å²) >= 11 is 0. The fourth-order valence-electron chi connectivity index (χ4n) is 1.51. The predicted octanol–water partition coefficient (Wildman–Crippen LogP) is 2.25. The third-order valence-corrected chi connectivity index (χ3v) is 2.54. The van der Waals surface area contributed by atoms with E-state index in [-0.39, 0.29) is 0 Å². The fraction of sp³-hybridized carbons (Fsp3) is 0.214. The van der Waals surface area contributed by atoms with Crippen LogP contribution in [0.15, 0.2) is 35.6 Å². The van der Waals surface area contributed by atoms with Crippen molar-refractivity contribution < 1.29 is 14.2 Å². The Kier molecular flexibility index (Phi) is 4.49. The first-order valence-corrected chi connectivity index (χ1v) is 5.88. The molecule has 6 heteroatoms. The molecule has 0 fully saturated rings. The highest BCUT2D eigenvalue weighted by Crippen LogP contribution is 2.27. The molecule has 104 valence electrons. The van der Waals surface area contributed by atoms with Gasteiger partial charge in [0.15, 0.2) is 0 Å². The number of aliphatic imine (C=N–C) groups is 1. The van der Waals surface area contributed by atoms with Crippen LogP contribution in [-0.2, 0) is 0 Å². The second kappa shape index (κ2) is 6.51. The molecule has 1 aromatic heterocycles. The van der Waals surface area contributed by atoms with Crippen LogP contribution in [0.3, 0.4) is 0 Å². The van der Waals surface area contributed by atoms with E-state index in [1.165, 1.54) is 6.20 Å². The summed E-state index contributed by atoms with van der Waals surface area (Å²) in [5.74, 6) is 1.82. The first kappa shape index (κ1) is 13.8. The van der Waals surface area contributed by atoms with Gasteiger partial charge in [0.1, 0.15) is 11.5 Å². The number of rotatable bonds is 5. The molecule has 2 aromatic rings. The van der Waals surface area contributed by atoms with Crippen molar-refractivity contribution in [3.05, 3.63) is 36.3 Å². The zero-order chi connectivity index (χ0) is 14.4. The van der Waals surface area contributed by atoms with Gasteiger partial charge in [-0.25, -0.2) is 9.97 Å². The van der Waals surface area contributed by atoms with Crippen molar-refractivity contribution in [3.63, 3.8) is 0 Å². The summed E-state index contributed by atoms with van der Waals surface area (Å²) in [5, 5.41) is 0. The molecule has 0 aliphatic heterocycles. The van der Waals surface area contributed by atoms with E-state index in [2.05, 4.69) is 15.0 Å². The molecule has 0 unspecified atom stereocenters. The van der Waals surface area contributed by atoms with E-state index in [4.69, 9.17) is 14.2 Å². The molecule has 20 heavy (non-hydrogen) atoms. The Labute approximate surface area is 117 Å². The number of ether oxygens (including phenoxy) is 3. The van der Waals surface area contributed by atoms with E-state index in [1.807, 2.05) is 0 Å². The van der Waals surface area contributed by atoms with Crippen molar-refractivity contribution in [1.82, 2.24) is 9.97 Å². The maximum Gasteiger partial charge on any atom is 0.232 e.